The number of halogens is 3. The van der Waals surface area contributed by atoms with Crippen LogP contribution in [0, 0.1) is 6.92 Å². The summed E-state index contributed by atoms with van der Waals surface area (Å²) in [4.78, 5) is 0. The van der Waals surface area contributed by atoms with Crippen LogP contribution in [0.2, 0.25) is 0 Å². The van der Waals surface area contributed by atoms with Crippen LogP contribution in [0.3, 0.4) is 0 Å². The Labute approximate surface area is 129 Å². The van der Waals surface area contributed by atoms with Crippen LogP contribution < -0.4 is 0 Å². The Balaban J connectivity index is 1.93. The van der Waals surface area contributed by atoms with E-state index in [1.807, 2.05) is 19.9 Å². The van der Waals surface area contributed by atoms with Gasteiger partial charge in [-0.15, -0.1) is 10.2 Å². The summed E-state index contributed by atoms with van der Waals surface area (Å²) in [5.41, 5.74) is 1.20. The van der Waals surface area contributed by atoms with Crippen LogP contribution in [-0.2, 0) is 12.7 Å². The lowest BCUT2D eigenvalue weighted by molar-refractivity contribution is -0.137. The second-order valence-corrected chi connectivity index (χ2v) is 4.97. The molecule has 2 aromatic heterocycles. The summed E-state index contributed by atoms with van der Waals surface area (Å²) in [5, 5.41) is 12.1. The lowest BCUT2D eigenvalue weighted by Crippen LogP contribution is -2.03. The van der Waals surface area contributed by atoms with Crippen LogP contribution in [0.15, 0.2) is 34.7 Å². The van der Waals surface area contributed by atoms with Crippen molar-refractivity contribution >= 4 is 0 Å². The predicted molar refractivity (Wildman–Crippen MR) is 76.4 cm³/mol. The Kier molecular flexibility index (Phi) is 3.67. The van der Waals surface area contributed by atoms with Crippen molar-refractivity contribution < 1.29 is 17.6 Å². The highest BCUT2D eigenvalue weighted by molar-refractivity contribution is 5.56. The van der Waals surface area contributed by atoms with Gasteiger partial charge in [-0.2, -0.15) is 18.3 Å². The van der Waals surface area contributed by atoms with Gasteiger partial charge in [0.1, 0.15) is 5.69 Å². The van der Waals surface area contributed by atoms with E-state index in [0.29, 0.717) is 17.8 Å². The van der Waals surface area contributed by atoms with Crippen molar-refractivity contribution in [3.05, 3.63) is 41.6 Å². The smallest absolute Gasteiger partial charge is 0.415 e. The highest BCUT2D eigenvalue weighted by Crippen LogP contribution is 2.31. The summed E-state index contributed by atoms with van der Waals surface area (Å²) in [6, 6.07) is 6.40. The molecule has 120 valence electrons. The third-order valence-corrected chi connectivity index (χ3v) is 3.30. The van der Waals surface area contributed by atoms with E-state index in [1.54, 1.807) is 4.68 Å². The maximum atomic E-state index is 12.6. The Morgan fingerprint density at radius 1 is 1.09 bits per heavy atom. The van der Waals surface area contributed by atoms with Gasteiger partial charge in [0.05, 0.1) is 11.3 Å². The second kappa shape index (κ2) is 5.53. The van der Waals surface area contributed by atoms with Crippen molar-refractivity contribution in [1.82, 2.24) is 20.0 Å². The van der Waals surface area contributed by atoms with E-state index in [2.05, 4.69) is 15.3 Å². The molecule has 2 heterocycles. The normalized spacial score (nSPS) is 11.9. The summed E-state index contributed by atoms with van der Waals surface area (Å²) in [7, 11) is 0. The molecule has 0 saturated heterocycles. The van der Waals surface area contributed by atoms with E-state index < -0.39 is 11.7 Å². The summed E-state index contributed by atoms with van der Waals surface area (Å²) in [5.74, 6) is 0.442. The summed E-state index contributed by atoms with van der Waals surface area (Å²) >= 11 is 0. The summed E-state index contributed by atoms with van der Waals surface area (Å²) < 4.78 is 45.0. The standard InChI is InChI=1S/C15H13F3N4O/c1-3-22-12(8-9(2)21-22)14-20-19-13(23-14)10-4-6-11(7-5-10)15(16,17)18/h4-8H,3H2,1-2H3. The first-order valence-electron chi connectivity index (χ1n) is 6.94. The third-order valence-electron chi connectivity index (χ3n) is 3.30. The van der Waals surface area contributed by atoms with E-state index in [9.17, 15) is 13.2 Å². The zero-order chi connectivity index (χ0) is 16.6. The number of nitrogens with zero attached hydrogens (tertiary/aromatic N) is 4. The van der Waals surface area contributed by atoms with Gasteiger partial charge in [0, 0.05) is 12.1 Å². The SMILES string of the molecule is CCn1nc(C)cc1-c1nnc(-c2ccc(C(F)(F)F)cc2)o1. The van der Waals surface area contributed by atoms with Gasteiger partial charge in [-0.3, -0.25) is 4.68 Å². The van der Waals surface area contributed by atoms with Crippen LogP contribution in [0.1, 0.15) is 18.2 Å². The molecular weight excluding hydrogens is 309 g/mol. The molecule has 0 spiro atoms. The molecule has 0 unspecified atom stereocenters. The predicted octanol–water partition coefficient (Wildman–Crippen LogP) is 3.95. The zero-order valence-corrected chi connectivity index (χ0v) is 12.4. The maximum absolute atomic E-state index is 12.6. The van der Waals surface area contributed by atoms with Crippen molar-refractivity contribution in [2.24, 2.45) is 0 Å². The first-order valence-corrected chi connectivity index (χ1v) is 6.94. The minimum absolute atomic E-state index is 0.162. The minimum atomic E-state index is -4.37. The first-order chi connectivity index (χ1) is 10.9. The van der Waals surface area contributed by atoms with Gasteiger partial charge in [-0.25, -0.2) is 0 Å². The van der Waals surface area contributed by atoms with Gasteiger partial charge in [0.2, 0.25) is 5.89 Å². The Bertz CT molecular complexity index is 818. The van der Waals surface area contributed by atoms with Crippen molar-refractivity contribution in [1.29, 1.82) is 0 Å². The number of aromatic nitrogens is 4. The lowest BCUT2D eigenvalue weighted by atomic mass is 10.1. The fourth-order valence-corrected chi connectivity index (χ4v) is 2.20. The number of aryl methyl sites for hydroxylation is 2. The number of hydrogen-bond acceptors (Lipinski definition) is 4. The molecule has 0 bridgehead atoms. The van der Waals surface area contributed by atoms with Crippen LogP contribution >= 0.6 is 0 Å². The average Bonchev–Trinajstić information content (AvgIpc) is 3.12. The molecule has 0 radical (unpaired) electrons. The molecule has 0 aliphatic carbocycles. The van der Waals surface area contributed by atoms with Crippen molar-refractivity contribution in [2.45, 2.75) is 26.6 Å². The molecule has 0 saturated carbocycles. The zero-order valence-electron chi connectivity index (χ0n) is 12.4. The van der Waals surface area contributed by atoms with Crippen LogP contribution in [0.4, 0.5) is 13.2 Å². The number of rotatable bonds is 3. The molecule has 0 fully saturated rings. The molecule has 0 atom stereocenters. The molecule has 0 aliphatic rings. The topological polar surface area (TPSA) is 56.7 Å². The van der Waals surface area contributed by atoms with Gasteiger partial charge in [-0.1, -0.05) is 0 Å². The van der Waals surface area contributed by atoms with Gasteiger partial charge >= 0.3 is 6.18 Å². The average molecular weight is 322 g/mol. The number of benzene rings is 1. The van der Waals surface area contributed by atoms with E-state index in [4.69, 9.17) is 4.42 Å². The van der Waals surface area contributed by atoms with Crippen LogP contribution in [0.5, 0.6) is 0 Å². The molecule has 3 aromatic rings. The molecular formula is C15H13F3N4O. The van der Waals surface area contributed by atoms with E-state index >= 15 is 0 Å². The maximum Gasteiger partial charge on any atom is 0.416 e. The van der Waals surface area contributed by atoms with E-state index in [0.717, 1.165) is 17.8 Å². The largest absolute Gasteiger partial charge is 0.416 e. The molecule has 8 heteroatoms. The Morgan fingerprint density at radius 3 is 2.35 bits per heavy atom. The fourth-order valence-electron chi connectivity index (χ4n) is 2.20. The molecule has 0 aliphatic heterocycles. The quantitative estimate of drug-likeness (QED) is 0.733. The molecule has 0 amide bonds. The minimum Gasteiger partial charge on any atom is -0.415 e. The Hall–Kier alpha value is -2.64. The summed E-state index contributed by atoms with van der Waals surface area (Å²) in [6.45, 7) is 4.42. The molecule has 5 nitrogen and oxygen atoms in total. The van der Waals surface area contributed by atoms with Crippen molar-refractivity contribution in [3.63, 3.8) is 0 Å². The molecule has 0 N–H and O–H groups in total. The van der Waals surface area contributed by atoms with Gasteiger partial charge in [0.25, 0.3) is 5.89 Å². The molecule has 3 rings (SSSR count). The molecule has 1 aromatic carbocycles. The van der Waals surface area contributed by atoms with E-state index in [1.165, 1.54) is 12.1 Å². The monoisotopic (exact) mass is 322 g/mol. The first kappa shape index (κ1) is 15.3. The van der Waals surface area contributed by atoms with Gasteiger partial charge < -0.3 is 4.42 Å². The fraction of sp³-hybridized carbons (Fsp3) is 0.267. The van der Waals surface area contributed by atoms with E-state index in [-0.39, 0.29) is 11.8 Å². The highest BCUT2D eigenvalue weighted by Gasteiger charge is 2.30. The number of alkyl halides is 3. The third kappa shape index (κ3) is 2.96. The van der Waals surface area contributed by atoms with Crippen LogP contribution in [0.25, 0.3) is 23.0 Å². The lowest BCUT2D eigenvalue weighted by Gasteiger charge is -2.05. The Morgan fingerprint density at radius 2 is 1.74 bits per heavy atom. The second-order valence-electron chi connectivity index (χ2n) is 4.97. The van der Waals surface area contributed by atoms with Crippen molar-refractivity contribution in [2.75, 3.05) is 0 Å². The van der Waals surface area contributed by atoms with Crippen molar-refractivity contribution in [3.8, 4) is 23.0 Å². The number of hydrogen-bond donors (Lipinski definition) is 0. The van der Waals surface area contributed by atoms with Gasteiger partial charge in [0.15, 0.2) is 0 Å². The van der Waals surface area contributed by atoms with Crippen LogP contribution in [-0.4, -0.2) is 20.0 Å². The van der Waals surface area contributed by atoms with Gasteiger partial charge in [-0.05, 0) is 44.2 Å². The highest BCUT2D eigenvalue weighted by atomic mass is 19.4. The summed E-state index contributed by atoms with van der Waals surface area (Å²) in [6.07, 6.45) is -4.37. The molecule has 23 heavy (non-hydrogen) atoms.